The molecule has 0 radical (unpaired) electrons. The summed E-state index contributed by atoms with van der Waals surface area (Å²) in [6, 6.07) is 0.201. The smallest absolute Gasteiger partial charge is 0.235 e. The first-order valence-corrected chi connectivity index (χ1v) is 8.93. The van der Waals surface area contributed by atoms with Crippen molar-refractivity contribution in [3.8, 4) is 0 Å². The van der Waals surface area contributed by atoms with Crippen LogP contribution in [0, 0.1) is 0 Å². The van der Waals surface area contributed by atoms with E-state index in [0.717, 1.165) is 38.4 Å². The second-order valence-corrected chi connectivity index (χ2v) is 6.50. The average Bonchev–Trinajstić information content (AvgIpc) is 2.93. The maximum absolute atomic E-state index is 12.6. The van der Waals surface area contributed by atoms with Gasteiger partial charge in [-0.25, -0.2) is 4.98 Å². The predicted octanol–water partition coefficient (Wildman–Crippen LogP) is 1.77. The predicted molar refractivity (Wildman–Crippen MR) is 87.4 cm³/mol. The molecule has 21 heavy (non-hydrogen) atoms. The van der Waals surface area contributed by atoms with Crippen LogP contribution >= 0.6 is 11.8 Å². The van der Waals surface area contributed by atoms with Gasteiger partial charge in [0.25, 0.3) is 0 Å². The SMILES string of the molecule is CC[C@@H](SC)C(=O)N1CCN(CC)[C@H](c2nccn2C)C1. The molecule has 0 aliphatic carbocycles. The van der Waals surface area contributed by atoms with Gasteiger partial charge in [0.1, 0.15) is 5.82 Å². The molecule has 0 aromatic carbocycles. The lowest BCUT2D eigenvalue weighted by molar-refractivity contribution is -0.133. The van der Waals surface area contributed by atoms with Gasteiger partial charge in [-0.15, -0.1) is 0 Å². The fraction of sp³-hybridized carbons (Fsp3) is 0.733. The summed E-state index contributed by atoms with van der Waals surface area (Å²) in [4.78, 5) is 21.5. The zero-order valence-corrected chi connectivity index (χ0v) is 14.3. The van der Waals surface area contributed by atoms with Gasteiger partial charge in [0.2, 0.25) is 5.91 Å². The summed E-state index contributed by atoms with van der Waals surface area (Å²) in [6.45, 7) is 7.73. The number of nitrogens with zero attached hydrogens (tertiary/aromatic N) is 4. The van der Waals surface area contributed by atoms with Crippen LogP contribution in [0.5, 0.6) is 0 Å². The summed E-state index contributed by atoms with van der Waals surface area (Å²) in [7, 11) is 2.02. The zero-order valence-electron chi connectivity index (χ0n) is 13.5. The van der Waals surface area contributed by atoms with E-state index in [2.05, 4.69) is 28.3 Å². The third-order valence-electron chi connectivity index (χ3n) is 4.30. The molecule has 1 aliphatic heterocycles. The number of piperazine rings is 1. The molecule has 0 unspecified atom stereocenters. The number of hydrogen-bond acceptors (Lipinski definition) is 4. The molecule has 6 heteroatoms. The van der Waals surface area contributed by atoms with Gasteiger partial charge in [0.15, 0.2) is 0 Å². The van der Waals surface area contributed by atoms with E-state index in [1.807, 2.05) is 30.6 Å². The first kappa shape index (κ1) is 16.4. The van der Waals surface area contributed by atoms with Crippen molar-refractivity contribution in [2.75, 3.05) is 32.4 Å². The van der Waals surface area contributed by atoms with Gasteiger partial charge in [0.05, 0.1) is 11.3 Å². The standard InChI is InChI=1S/C15H26N4OS/c1-5-13(21-4)15(20)19-10-9-18(6-2)12(11-19)14-16-7-8-17(14)3/h7-8,12-13H,5-6,9-11H2,1-4H3/t12-,13+/m0/s1. The highest BCUT2D eigenvalue weighted by Crippen LogP contribution is 2.25. The van der Waals surface area contributed by atoms with E-state index in [1.165, 1.54) is 0 Å². The molecule has 0 N–H and O–H groups in total. The highest BCUT2D eigenvalue weighted by atomic mass is 32.2. The highest BCUT2D eigenvalue weighted by Gasteiger charge is 2.33. The van der Waals surface area contributed by atoms with Gasteiger partial charge in [-0.3, -0.25) is 9.69 Å². The lowest BCUT2D eigenvalue weighted by Gasteiger charge is -2.41. The summed E-state index contributed by atoms with van der Waals surface area (Å²) in [5.74, 6) is 1.33. The fourth-order valence-corrected chi connectivity index (χ4v) is 3.67. The van der Waals surface area contributed by atoms with Crippen molar-refractivity contribution in [3.05, 3.63) is 18.2 Å². The lowest BCUT2D eigenvalue weighted by atomic mass is 10.1. The number of likely N-dealkylation sites (N-methyl/N-ethyl adjacent to an activating group) is 1. The summed E-state index contributed by atoms with van der Waals surface area (Å²) in [5, 5.41) is 0.0835. The molecule has 1 fully saturated rings. The van der Waals surface area contributed by atoms with Crippen molar-refractivity contribution in [2.45, 2.75) is 31.6 Å². The van der Waals surface area contributed by atoms with Crippen LogP contribution in [0.4, 0.5) is 0 Å². The Morgan fingerprint density at radius 3 is 2.76 bits per heavy atom. The van der Waals surface area contributed by atoms with Gasteiger partial charge in [-0.2, -0.15) is 11.8 Å². The van der Waals surface area contributed by atoms with Gasteiger partial charge < -0.3 is 9.47 Å². The van der Waals surface area contributed by atoms with E-state index in [-0.39, 0.29) is 17.2 Å². The largest absolute Gasteiger partial charge is 0.338 e. The number of carbonyl (C=O) groups is 1. The summed E-state index contributed by atoms with van der Waals surface area (Å²) < 4.78 is 2.06. The Kier molecular flexibility index (Phi) is 5.70. The molecule has 2 heterocycles. The quantitative estimate of drug-likeness (QED) is 0.831. The molecule has 5 nitrogen and oxygen atoms in total. The number of imidazole rings is 1. The molecule has 2 atom stereocenters. The minimum absolute atomic E-state index is 0.0835. The molecule has 0 bridgehead atoms. The topological polar surface area (TPSA) is 41.4 Å². The van der Waals surface area contributed by atoms with E-state index in [1.54, 1.807) is 11.8 Å². The Hall–Kier alpha value is -1.01. The molecule has 0 spiro atoms. The number of aromatic nitrogens is 2. The Bertz CT molecular complexity index is 472. The molecule has 1 aliphatic rings. The number of hydrogen-bond donors (Lipinski definition) is 0. The molecular weight excluding hydrogens is 284 g/mol. The van der Waals surface area contributed by atoms with Crippen LogP contribution in [0.15, 0.2) is 12.4 Å². The Morgan fingerprint density at radius 2 is 2.24 bits per heavy atom. The maximum Gasteiger partial charge on any atom is 0.235 e. The van der Waals surface area contributed by atoms with Crippen LogP contribution in [0.2, 0.25) is 0 Å². The van der Waals surface area contributed by atoms with E-state index >= 15 is 0 Å². The monoisotopic (exact) mass is 310 g/mol. The first-order chi connectivity index (χ1) is 10.1. The van der Waals surface area contributed by atoms with Crippen LogP contribution in [0.3, 0.4) is 0 Å². The van der Waals surface area contributed by atoms with Crippen LogP contribution in [-0.2, 0) is 11.8 Å². The van der Waals surface area contributed by atoms with E-state index in [4.69, 9.17) is 0 Å². The number of thioether (sulfide) groups is 1. The average molecular weight is 310 g/mol. The minimum Gasteiger partial charge on any atom is -0.338 e. The van der Waals surface area contributed by atoms with Gasteiger partial charge in [-0.05, 0) is 19.2 Å². The van der Waals surface area contributed by atoms with Gasteiger partial charge in [0, 0.05) is 39.1 Å². The van der Waals surface area contributed by atoms with Crippen molar-refractivity contribution in [3.63, 3.8) is 0 Å². The first-order valence-electron chi connectivity index (χ1n) is 7.65. The summed E-state index contributed by atoms with van der Waals surface area (Å²) in [5.41, 5.74) is 0. The van der Waals surface area contributed by atoms with Crippen molar-refractivity contribution >= 4 is 17.7 Å². The molecule has 1 saturated heterocycles. The lowest BCUT2D eigenvalue weighted by Crippen LogP contribution is -2.52. The van der Waals surface area contributed by atoms with Crippen molar-refractivity contribution in [1.29, 1.82) is 0 Å². The van der Waals surface area contributed by atoms with Crippen LogP contribution in [0.25, 0.3) is 0 Å². The Morgan fingerprint density at radius 1 is 1.48 bits per heavy atom. The molecule has 0 saturated carbocycles. The van der Waals surface area contributed by atoms with Crippen LogP contribution in [0.1, 0.15) is 32.1 Å². The molecule has 1 amide bonds. The molecule has 118 valence electrons. The van der Waals surface area contributed by atoms with Crippen molar-refractivity contribution in [2.24, 2.45) is 7.05 Å². The zero-order chi connectivity index (χ0) is 15.4. The third kappa shape index (κ3) is 3.43. The van der Waals surface area contributed by atoms with Crippen LogP contribution in [-0.4, -0.2) is 62.9 Å². The van der Waals surface area contributed by atoms with Crippen LogP contribution < -0.4 is 0 Å². The maximum atomic E-state index is 12.6. The van der Waals surface area contributed by atoms with Gasteiger partial charge >= 0.3 is 0 Å². The molecule has 2 rings (SSSR count). The van der Waals surface area contributed by atoms with E-state index < -0.39 is 0 Å². The number of amides is 1. The second-order valence-electron chi connectivity index (χ2n) is 5.46. The molecular formula is C15H26N4OS. The van der Waals surface area contributed by atoms with E-state index in [0.29, 0.717) is 0 Å². The highest BCUT2D eigenvalue weighted by molar-refractivity contribution is 7.99. The fourth-order valence-electron chi connectivity index (χ4n) is 2.99. The number of rotatable bonds is 5. The Balaban J connectivity index is 2.16. The van der Waals surface area contributed by atoms with Crippen molar-refractivity contribution in [1.82, 2.24) is 19.4 Å². The summed E-state index contributed by atoms with van der Waals surface area (Å²) >= 11 is 1.65. The van der Waals surface area contributed by atoms with E-state index in [9.17, 15) is 4.79 Å². The van der Waals surface area contributed by atoms with Gasteiger partial charge in [-0.1, -0.05) is 13.8 Å². The van der Waals surface area contributed by atoms with Crippen molar-refractivity contribution < 1.29 is 4.79 Å². The minimum atomic E-state index is 0.0835. The normalized spacial score (nSPS) is 21.5. The molecule has 1 aromatic heterocycles. The summed E-state index contributed by atoms with van der Waals surface area (Å²) in [6.07, 6.45) is 6.72. The number of carbonyl (C=O) groups excluding carboxylic acids is 1. The second kappa shape index (κ2) is 7.31. The Labute approximate surface area is 131 Å². The number of aryl methyl sites for hydroxylation is 1. The third-order valence-corrected chi connectivity index (χ3v) is 5.40. The molecule has 1 aromatic rings.